The van der Waals surface area contributed by atoms with Crippen LogP contribution >= 0.6 is 0 Å². The van der Waals surface area contributed by atoms with Gasteiger partial charge in [-0.05, 0) is 43.5 Å². The van der Waals surface area contributed by atoms with Crippen molar-refractivity contribution < 1.29 is 23.8 Å². The van der Waals surface area contributed by atoms with E-state index in [4.69, 9.17) is 23.8 Å². The van der Waals surface area contributed by atoms with Crippen LogP contribution in [0.1, 0.15) is 38.3 Å². The quantitative estimate of drug-likeness (QED) is 0.268. The molecule has 0 aliphatic carbocycles. The van der Waals surface area contributed by atoms with E-state index in [2.05, 4.69) is 41.3 Å². The number of methoxy groups -OCH3 is 2. The highest BCUT2D eigenvalue weighted by atomic mass is 16.8. The summed E-state index contributed by atoms with van der Waals surface area (Å²) in [4.78, 5) is 10.3. The Hall–Kier alpha value is -3.04. The van der Waals surface area contributed by atoms with Crippen molar-refractivity contribution in [3.63, 3.8) is 0 Å². The molecule has 3 aromatic rings. The maximum Gasteiger partial charge on any atom is 0.256 e. The topological polar surface area (TPSA) is 76.3 Å². The van der Waals surface area contributed by atoms with Crippen molar-refractivity contribution in [2.75, 3.05) is 20.8 Å². The number of hydrogen-bond donors (Lipinski definition) is 0. The lowest BCUT2D eigenvalue weighted by Crippen LogP contribution is -2.59. The van der Waals surface area contributed by atoms with Crippen LogP contribution in [0.5, 0.6) is 0 Å². The van der Waals surface area contributed by atoms with E-state index < -0.39 is 12.4 Å². The van der Waals surface area contributed by atoms with Gasteiger partial charge in [-0.2, -0.15) is 0 Å². The average Bonchev–Trinajstić information content (AvgIpc) is 3.40. The summed E-state index contributed by atoms with van der Waals surface area (Å²) in [5, 5.41) is 4.16. The second kappa shape index (κ2) is 13.0. The van der Waals surface area contributed by atoms with Crippen LogP contribution in [0.2, 0.25) is 0 Å². The summed E-state index contributed by atoms with van der Waals surface area (Å²) < 4.78 is 25.1. The van der Waals surface area contributed by atoms with Crippen LogP contribution in [0.4, 0.5) is 0 Å². The van der Waals surface area contributed by atoms with Crippen LogP contribution in [-0.2, 0) is 30.2 Å². The molecule has 198 valence electrons. The number of aromatic nitrogens is 2. The fraction of sp³-hybridized carbons (Fsp3) is 0.448. The SMILES string of the molecule is CCCc1ccc(-n2cnc(-c3ccc(/C=N/O[C@@H]4O[C@@H](C)[C@H](OC)[C@@H](OCC)[C@H]4OC)cc3)c2)cc1. The molecule has 0 bridgehead atoms. The fourth-order valence-corrected chi connectivity index (χ4v) is 4.64. The fourth-order valence-electron chi connectivity index (χ4n) is 4.64. The number of rotatable bonds is 11. The number of oxime groups is 1. The predicted octanol–water partition coefficient (Wildman–Crippen LogP) is 5.02. The second-order valence-corrected chi connectivity index (χ2v) is 9.07. The van der Waals surface area contributed by atoms with Crippen molar-refractivity contribution in [3.05, 3.63) is 72.2 Å². The van der Waals surface area contributed by atoms with E-state index in [1.54, 1.807) is 20.4 Å². The number of nitrogens with zero attached hydrogens (tertiary/aromatic N) is 3. The van der Waals surface area contributed by atoms with Crippen LogP contribution in [0.25, 0.3) is 16.9 Å². The van der Waals surface area contributed by atoms with Gasteiger partial charge in [0.05, 0.1) is 24.3 Å². The summed E-state index contributed by atoms with van der Waals surface area (Å²) in [6, 6.07) is 16.6. The first-order valence-corrected chi connectivity index (χ1v) is 12.8. The van der Waals surface area contributed by atoms with Gasteiger partial charge in [0, 0.05) is 38.3 Å². The first kappa shape index (κ1) is 27.0. The number of aryl methyl sites for hydroxylation is 1. The third-order valence-corrected chi connectivity index (χ3v) is 6.56. The molecule has 2 aromatic carbocycles. The first-order chi connectivity index (χ1) is 18.1. The van der Waals surface area contributed by atoms with Crippen LogP contribution in [-0.4, -0.2) is 67.3 Å². The number of imidazole rings is 1. The minimum atomic E-state index is -0.710. The lowest BCUT2D eigenvalue weighted by Gasteiger charge is -2.42. The Balaban J connectivity index is 1.39. The molecule has 37 heavy (non-hydrogen) atoms. The van der Waals surface area contributed by atoms with Crippen molar-refractivity contribution in [3.8, 4) is 16.9 Å². The van der Waals surface area contributed by atoms with E-state index in [1.807, 2.05) is 55.2 Å². The summed E-state index contributed by atoms with van der Waals surface area (Å²) in [7, 11) is 3.24. The Morgan fingerprint density at radius 1 is 0.973 bits per heavy atom. The van der Waals surface area contributed by atoms with Gasteiger partial charge in [-0.15, -0.1) is 0 Å². The molecular weight excluding hydrogens is 470 g/mol. The van der Waals surface area contributed by atoms with Crippen molar-refractivity contribution in [1.82, 2.24) is 9.55 Å². The average molecular weight is 508 g/mol. The number of benzene rings is 2. The molecule has 8 heteroatoms. The maximum atomic E-state index is 5.97. The number of ether oxygens (including phenoxy) is 4. The summed E-state index contributed by atoms with van der Waals surface area (Å²) in [5.74, 6) is 0. The van der Waals surface area contributed by atoms with Crippen LogP contribution in [0, 0.1) is 0 Å². The Kier molecular flexibility index (Phi) is 9.46. The smallest absolute Gasteiger partial charge is 0.256 e. The van der Waals surface area contributed by atoms with Crippen molar-refractivity contribution in [2.24, 2.45) is 5.16 Å². The van der Waals surface area contributed by atoms with Crippen LogP contribution < -0.4 is 0 Å². The molecule has 0 spiro atoms. The molecule has 8 nitrogen and oxygen atoms in total. The van der Waals surface area contributed by atoms with Gasteiger partial charge in [-0.1, -0.05) is 54.9 Å². The normalized spacial score (nSPS) is 24.0. The molecule has 1 aliphatic heterocycles. The van der Waals surface area contributed by atoms with E-state index in [0.717, 1.165) is 35.3 Å². The first-order valence-electron chi connectivity index (χ1n) is 12.8. The van der Waals surface area contributed by atoms with Gasteiger partial charge in [0.25, 0.3) is 6.29 Å². The van der Waals surface area contributed by atoms with E-state index in [0.29, 0.717) is 6.61 Å². The highest BCUT2D eigenvalue weighted by Crippen LogP contribution is 2.28. The molecule has 0 amide bonds. The van der Waals surface area contributed by atoms with Gasteiger partial charge < -0.3 is 28.4 Å². The van der Waals surface area contributed by atoms with Gasteiger partial charge in [0.2, 0.25) is 0 Å². The lowest BCUT2D eigenvalue weighted by molar-refractivity contribution is -0.308. The predicted molar refractivity (Wildman–Crippen MR) is 143 cm³/mol. The highest BCUT2D eigenvalue weighted by Gasteiger charge is 2.47. The molecule has 0 N–H and O–H groups in total. The van der Waals surface area contributed by atoms with E-state index in [1.165, 1.54) is 5.56 Å². The molecule has 1 aromatic heterocycles. The van der Waals surface area contributed by atoms with Gasteiger partial charge in [0.15, 0.2) is 6.10 Å². The number of hydrogen-bond acceptors (Lipinski definition) is 7. The van der Waals surface area contributed by atoms with Crippen molar-refractivity contribution in [1.29, 1.82) is 0 Å². The van der Waals surface area contributed by atoms with Crippen molar-refractivity contribution in [2.45, 2.75) is 64.3 Å². The van der Waals surface area contributed by atoms with Crippen molar-refractivity contribution >= 4 is 6.21 Å². The summed E-state index contributed by atoms with van der Waals surface area (Å²) in [6.45, 7) is 6.58. The van der Waals surface area contributed by atoms with Gasteiger partial charge >= 0.3 is 0 Å². The second-order valence-electron chi connectivity index (χ2n) is 9.07. The van der Waals surface area contributed by atoms with E-state index in [-0.39, 0.29) is 18.3 Å². The zero-order chi connectivity index (χ0) is 26.2. The Bertz CT molecular complexity index is 1130. The molecule has 0 unspecified atom stereocenters. The molecule has 2 heterocycles. The van der Waals surface area contributed by atoms with Crippen LogP contribution in [0.3, 0.4) is 0 Å². The van der Waals surface area contributed by atoms with E-state index >= 15 is 0 Å². The Morgan fingerprint density at radius 2 is 1.70 bits per heavy atom. The van der Waals surface area contributed by atoms with Crippen LogP contribution in [0.15, 0.2) is 66.2 Å². The largest absolute Gasteiger partial charge is 0.376 e. The summed E-state index contributed by atoms with van der Waals surface area (Å²) >= 11 is 0. The molecular formula is C29H37N3O5. The Morgan fingerprint density at radius 3 is 2.35 bits per heavy atom. The standard InChI is InChI=1S/C29H37N3O5/c1-6-8-21-11-15-24(16-12-21)32-18-25(30-19-32)23-13-9-22(10-14-23)17-31-37-29-28(34-5)27(35-7-2)26(33-4)20(3)36-29/h9-20,26-29H,6-8H2,1-5H3/b31-17+/t20-,26-,27+,28+,29-/m0/s1. The Labute approximate surface area is 219 Å². The third-order valence-electron chi connectivity index (χ3n) is 6.56. The third kappa shape index (κ3) is 6.45. The molecule has 1 saturated heterocycles. The zero-order valence-corrected chi connectivity index (χ0v) is 22.2. The lowest BCUT2D eigenvalue weighted by atomic mass is 9.99. The minimum absolute atomic E-state index is 0.235. The molecule has 0 radical (unpaired) electrons. The molecule has 0 saturated carbocycles. The van der Waals surface area contributed by atoms with E-state index in [9.17, 15) is 0 Å². The van der Waals surface area contributed by atoms with Gasteiger partial charge in [-0.3, -0.25) is 0 Å². The molecule has 4 rings (SSSR count). The maximum absolute atomic E-state index is 5.97. The molecule has 1 fully saturated rings. The highest BCUT2D eigenvalue weighted by molar-refractivity contribution is 5.80. The molecule has 1 aliphatic rings. The minimum Gasteiger partial charge on any atom is -0.376 e. The molecule has 5 atom stereocenters. The monoisotopic (exact) mass is 507 g/mol. The van der Waals surface area contributed by atoms with Gasteiger partial charge in [0.1, 0.15) is 12.2 Å². The zero-order valence-electron chi connectivity index (χ0n) is 22.2. The summed E-state index contributed by atoms with van der Waals surface area (Å²) in [6.07, 6.45) is 5.77. The van der Waals surface area contributed by atoms with Gasteiger partial charge in [-0.25, -0.2) is 4.98 Å². The summed E-state index contributed by atoms with van der Waals surface area (Å²) in [5.41, 5.74) is 5.26.